The van der Waals surface area contributed by atoms with E-state index in [9.17, 15) is 22.0 Å². The van der Waals surface area contributed by atoms with E-state index in [2.05, 4.69) is 10.3 Å². The van der Waals surface area contributed by atoms with Gasteiger partial charge < -0.3 is 0 Å². The summed E-state index contributed by atoms with van der Waals surface area (Å²) in [7, 11) is 0. The van der Waals surface area contributed by atoms with Crippen LogP contribution in [0.4, 0.5) is 22.0 Å². The Morgan fingerprint density at radius 3 is 2.20 bits per heavy atom. The summed E-state index contributed by atoms with van der Waals surface area (Å²) < 4.78 is 62.2. The minimum atomic E-state index is -5.72. The molecule has 15 heavy (non-hydrogen) atoms. The van der Waals surface area contributed by atoms with Crippen LogP contribution < -0.4 is 0 Å². The molecule has 0 saturated carbocycles. The Balaban J connectivity index is 3.31. The fourth-order valence-electron chi connectivity index (χ4n) is 0.939. The van der Waals surface area contributed by atoms with Gasteiger partial charge in [-0.3, -0.25) is 0 Å². The molecule has 0 saturated heterocycles. The molecule has 9 heteroatoms. The summed E-state index contributed by atoms with van der Waals surface area (Å²) in [6.45, 7) is 1.17. The Morgan fingerprint density at radius 2 is 1.80 bits per heavy atom. The van der Waals surface area contributed by atoms with Crippen molar-refractivity contribution in [2.75, 3.05) is 0 Å². The zero-order valence-corrected chi connectivity index (χ0v) is 8.07. The maximum absolute atomic E-state index is 12.9. The molecule has 0 aromatic carbocycles. The molecule has 1 heterocycles. The van der Waals surface area contributed by atoms with Gasteiger partial charge in [0.1, 0.15) is 0 Å². The van der Waals surface area contributed by atoms with E-state index in [1.807, 2.05) is 0 Å². The third kappa shape index (κ3) is 1.90. The molecule has 0 aliphatic heterocycles. The van der Waals surface area contributed by atoms with Gasteiger partial charge in [-0.05, 0) is 6.92 Å². The van der Waals surface area contributed by atoms with Crippen LogP contribution in [0.3, 0.4) is 0 Å². The number of alkyl halides is 5. The van der Waals surface area contributed by atoms with Gasteiger partial charge in [0.15, 0.2) is 10.8 Å². The fourth-order valence-corrected chi connectivity index (χ4v) is 1.19. The van der Waals surface area contributed by atoms with Gasteiger partial charge >= 0.3 is 12.1 Å². The van der Waals surface area contributed by atoms with Crippen molar-refractivity contribution >= 4 is 11.6 Å². The minimum Gasteiger partial charge on any atom is -0.242 e. The summed E-state index contributed by atoms with van der Waals surface area (Å²) >= 11 is 5.14. The lowest BCUT2D eigenvalue weighted by Crippen LogP contribution is -2.36. The summed E-state index contributed by atoms with van der Waals surface area (Å²) in [6, 6.07) is 0. The van der Waals surface area contributed by atoms with Crippen molar-refractivity contribution in [1.29, 1.82) is 0 Å². The van der Waals surface area contributed by atoms with Crippen LogP contribution in [0.2, 0.25) is 5.15 Å². The van der Waals surface area contributed by atoms with Crippen LogP contribution in [0.25, 0.3) is 0 Å². The van der Waals surface area contributed by atoms with Crippen molar-refractivity contribution in [3.8, 4) is 0 Å². The molecule has 1 aromatic heterocycles. The first-order valence-electron chi connectivity index (χ1n) is 3.75. The van der Waals surface area contributed by atoms with Gasteiger partial charge in [-0.2, -0.15) is 22.0 Å². The van der Waals surface area contributed by atoms with E-state index in [0.29, 0.717) is 4.68 Å². The number of hydrogen-bond donors (Lipinski definition) is 0. The first kappa shape index (κ1) is 12.2. The second-order valence-corrected chi connectivity index (χ2v) is 2.97. The number of aryl methyl sites for hydroxylation is 1. The smallest absolute Gasteiger partial charge is 0.242 e. The molecule has 0 N–H and O–H groups in total. The van der Waals surface area contributed by atoms with E-state index >= 15 is 0 Å². The SMILES string of the molecule is CCn1nnc(Cl)c1C(F)(F)C(F)(F)F. The molecular formula is C6H5ClF5N3. The van der Waals surface area contributed by atoms with E-state index < -0.39 is 22.9 Å². The molecule has 0 spiro atoms. The minimum absolute atomic E-state index is 0.180. The highest BCUT2D eigenvalue weighted by Gasteiger charge is 2.62. The Morgan fingerprint density at radius 1 is 1.27 bits per heavy atom. The summed E-state index contributed by atoms with van der Waals surface area (Å²) in [5, 5.41) is 5.09. The first-order valence-corrected chi connectivity index (χ1v) is 4.13. The van der Waals surface area contributed by atoms with Crippen LogP contribution in [0.1, 0.15) is 12.6 Å². The van der Waals surface area contributed by atoms with Crippen LogP contribution in [0.15, 0.2) is 0 Å². The Kier molecular flexibility index (Phi) is 2.90. The van der Waals surface area contributed by atoms with Crippen LogP contribution in [0, 0.1) is 0 Å². The molecule has 86 valence electrons. The highest BCUT2D eigenvalue weighted by atomic mass is 35.5. The molecule has 0 aliphatic carbocycles. The fraction of sp³-hybridized carbons (Fsp3) is 0.667. The van der Waals surface area contributed by atoms with E-state index in [4.69, 9.17) is 11.6 Å². The quantitative estimate of drug-likeness (QED) is 0.755. The zero-order valence-electron chi connectivity index (χ0n) is 7.32. The third-order valence-corrected chi connectivity index (χ3v) is 1.90. The predicted molar refractivity (Wildman–Crippen MR) is 40.7 cm³/mol. The van der Waals surface area contributed by atoms with Crippen molar-refractivity contribution in [1.82, 2.24) is 15.0 Å². The van der Waals surface area contributed by atoms with Crippen molar-refractivity contribution in [2.45, 2.75) is 25.6 Å². The molecule has 3 nitrogen and oxygen atoms in total. The van der Waals surface area contributed by atoms with Gasteiger partial charge in [-0.1, -0.05) is 16.8 Å². The number of rotatable bonds is 2. The summed E-state index contributed by atoms with van der Waals surface area (Å²) in [4.78, 5) is 0. The molecule has 0 radical (unpaired) electrons. The summed E-state index contributed by atoms with van der Waals surface area (Å²) in [5.74, 6) is -5.05. The Bertz CT molecular complexity index is 358. The van der Waals surface area contributed by atoms with Crippen molar-refractivity contribution < 1.29 is 22.0 Å². The summed E-state index contributed by atoms with van der Waals surface area (Å²) in [6.07, 6.45) is -5.72. The normalized spacial score (nSPS) is 13.3. The van der Waals surface area contributed by atoms with Gasteiger partial charge in [0.2, 0.25) is 0 Å². The lowest BCUT2D eigenvalue weighted by Gasteiger charge is -2.19. The number of halogens is 6. The molecule has 0 aliphatic rings. The number of aromatic nitrogens is 3. The monoisotopic (exact) mass is 249 g/mol. The molecule has 1 aromatic rings. The predicted octanol–water partition coefficient (Wildman–Crippen LogP) is 2.61. The molecule has 0 unspecified atom stereocenters. The maximum Gasteiger partial charge on any atom is 0.459 e. The van der Waals surface area contributed by atoms with Gasteiger partial charge in [0, 0.05) is 6.54 Å². The first-order chi connectivity index (χ1) is 6.71. The third-order valence-electron chi connectivity index (χ3n) is 1.65. The van der Waals surface area contributed by atoms with Gasteiger partial charge in [0.25, 0.3) is 0 Å². The summed E-state index contributed by atoms with van der Waals surface area (Å²) in [5.41, 5.74) is -1.43. The van der Waals surface area contributed by atoms with Crippen molar-refractivity contribution in [3.05, 3.63) is 10.8 Å². The van der Waals surface area contributed by atoms with Crippen LogP contribution in [0.5, 0.6) is 0 Å². The average Bonchev–Trinajstić information content (AvgIpc) is 2.44. The Labute approximate surface area is 85.8 Å². The highest BCUT2D eigenvalue weighted by molar-refractivity contribution is 6.30. The van der Waals surface area contributed by atoms with Crippen molar-refractivity contribution in [3.63, 3.8) is 0 Å². The van der Waals surface area contributed by atoms with E-state index in [-0.39, 0.29) is 6.54 Å². The van der Waals surface area contributed by atoms with Crippen molar-refractivity contribution in [2.24, 2.45) is 0 Å². The van der Waals surface area contributed by atoms with Gasteiger partial charge in [-0.25, -0.2) is 4.68 Å². The van der Waals surface area contributed by atoms with Crippen LogP contribution >= 0.6 is 11.6 Å². The van der Waals surface area contributed by atoms with Crippen LogP contribution in [-0.2, 0) is 12.5 Å². The molecule has 0 amide bonds. The van der Waals surface area contributed by atoms with E-state index in [1.165, 1.54) is 6.92 Å². The second-order valence-electron chi connectivity index (χ2n) is 2.62. The standard InChI is InChI=1S/C6H5ClF5N3/c1-2-15-3(4(7)13-14-15)5(8,9)6(10,11)12/h2H2,1H3. The van der Waals surface area contributed by atoms with Gasteiger partial charge in [0.05, 0.1) is 0 Å². The molecule has 0 bridgehead atoms. The molecule has 1 rings (SSSR count). The zero-order chi connectivity index (χ0) is 11.9. The number of nitrogens with zero attached hydrogens (tertiary/aromatic N) is 3. The largest absolute Gasteiger partial charge is 0.459 e. The average molecular weight is 250 g/mol. The molecular weight excluding hydrogens is 245 g/mol. The number of hydrogen-bond acceptors (Lipinski definition) is 2. The lowest BCUT2D eigenvalue weighted by molar-refractivity contribution is -0.292. The Hall–Kier alpha value is -0.920. The van der Waals surface area contributed by atoms with E-state index in [0.717, 1.165) is 0 Å². The molecule has 0 atom stereocenters. The van der Waals surface area contributed by atoms with Crippen LogP contribution in [-0.4, -0.2) is 21.2 Å². The maximum atomic E-state index is 12.9. The second kappa shape index (κ2) is 3.58. The highest BCUT2D eigenvalue weighted by Crippen LogP contribution is 2.45. The van der Waals surface area contributed by atoms with E-state index in [1.54, 1.807) is 0 Å². The lowest BCUT2D eigenvalue weighted by atomic mass is 10.2. The molecule has 0 fully saturated rings. The van der Waals surface area contributed by atoms with Gasteiger partial charge in [-0.15, -0.1) is 5.10 Å². The topological polar surface area (TPSA) is 30.7 Å².